The first kappa shape index (κ1) is 20.4. The fourth-order valence-corrected chi connectivity index (χ4v) is 3.46. The quantitative estimate of drug-likeness (QED) is 0.461. The molecule has 0 spiro atoms. The van der Waals surface area contributed by atoms with Crippen molar-refractivity contribution in [3.8, 4) is 11.8 Å². The first-order chi connectivity index (χ1) is 12.3. The van der Waals surface area contributed by atoms with E-state index < -0.39 is 21.7 Å². The highest BCUT2D eigenvalue weighted by molar-refractivity contribution is 7.86. The normalized spacial score (nSPS) is 17.6. The number of benzene rings is 1. The summed E-state index contributed by atoms with van der Waals surface area (Å²) in [5, 5.41) is 11.3. The fourth-order valence-electron chi connectivity index (χ4n) is 3.18. The molecule has 1 saturated carbocycles. The maximum absolute atomic E-state index is 12.7. The predicted molar refractivity (Wildman–Crippen MR) is 96.4 cm³/mol. The van der Waals surface area contributed by atoms with Crippen molar-refractivity contribution in [3.05, 3.63) is 35.9 Å². The number of hydrogen-bond donors (Lipinski definition) is 1. The van der Waals surface area contributed by atoms with E-state index in [0.29, 0.717) is 5.56 Å². The molecule has 0 bridgehead atoms. The van der Waals surface area contributed by atoms with Crippen molar-refractivity contribution in [2.45, 2.75) is 37.7 Å². The van der Waals surface area contributed by atoms with Crippen LogP contribution in [0.4, 0.5) is 0 Å². The average molecular weight is 380 g/mol. The third kappa shape index (κ3) is 5.56. The highest BCUT2D eigenvalue weighted by Gasteiger charge is 2.46. The van der Waals surface area contributed by atoms with Crippen LogP contribution in [0.1, 0.15) is 37.7 Å². The van der Waals surface area contributed by atoms with Crippen LogP contribution >= 0.6 is 0 Å². The minimum absolute atomic E-state index is 0.201. The van der Waals surface area contributed by atoms with Gasteiger partial charge in [0.25, 0.3) is 10.1 Å². The van der Waals surface area contributed by atoms with Crippen molar-refractivity contribution in [1.82, 2.24) is 0 Å². The lowest BCUT2D eigenvalue weighted by atomic mass is 9.73. The topological polar surface area (TPSA) is 89.9 Å². The van der Waals surface area contributed by atoms with E-state index in [-0.39, 0.29) is 19.1 Å². The van der Waals surface area contributed by atoms with E-state index in [4.69, 9.17) is 4.74 Å². The van der Waals surface area contributed by atoms with Gasteiger partial charge in [0.2, 0.25) is 0 Å². The van der Waals surface area contributed by atoms with Crippen LogP contribution in [-0.2, 0) is 29.4 Å². The van der Waals surface area contributed by atoms with Crippen molar-refractivity contribution < 1.29 is 27.2 Å². The SMILES string of the molecule is CS(=O)(=O)OCC#CCOC(=O)C(O)(c1ccccc1)C1CCCCC1. The Morgan fingerprint density at radius 3 is 2.38 bits per heavy atom. The average Bonchev–Trinajstić information content (AvgIpc) is 2.64. The smallest absolute Gasteiger partial charge is 0.344 e. The van der Waals surface area contributed by atoms with E-state index in [1.807, 2.05) is 6.07 Å². The van der Waals surface area contributed by atoms with Gasteiger partial charge in [-0.15, -0.1) is 0 Å². The molecule has 0 aliphatic heterocycles. The molecule has 2 rings (SSSR count). The van der Waals surface area contributed by atoms with E-state index >= 15 is 0 Å². The lowest BCUT2D eigenvalue weighted by molar-refractivity contribution is -0.174. The summed E-state index contributed by atoms with van der Waals surface area (Å²) in [7, 11) is -3.55. The number of ether oxygens (including phenoxy) is 1. The fraction of sp³-hybridized carbons (Fsp3) is 0.526. The van der Waals surface area contributed by atoms with Crippen LogP contribution in [0.15, 0.2) is 30.3 Å². The summed E-state index contributed by atoms with van der Waals surface area (Å²) in [4.78, 5) is 12.7. The molecule has 7 heteroatoms. The van der Waals surface area contributed by atoms with E-state index in [0.717, 1.165) is 38.4 Å². The van der Waals surface area contributed by atoms with Gasteiger partial charge < -0.3 is 9.84 Å². The van der Waals surface area contributed by atoms with Crippen LogP contribution in [0.5, 0.6) is 0 Å². The molecule has 1 fully saturated rings. The first-order valence-electron chi connectivity index (χ1n) is 8.59. The van der Waals surface area contributed by atoms with Gasteiger partial charge in [0.05, 0.1) is 6.26 Å². The first-order valence-corrected chi connectivity index (χ1v) is 10.4. The van der Waals surface area contributed by atoms with Gasteiger partial charge in [-0.25, -0.2) is 4.79 Å². The Balaban J connectivity index is 2.06. The Kier molecular flexibility index (Phi) is 7.21. The van der Waals surface area contributed by atoms with Crippen LogP contribution in [0.2, 0.25) is 0 Å². The molecule has 1 aromatic carbocycles. The van der Waals surface area contributed by atoms with E-state index in [9.17, 15) is 18.3 Å². The molecule has 142 valence electrons. The van der Waals surface area contributed by atoms with Gasteiger partial charge in [0, 0.05) is 5.92 Å². The van der Waals surface area contributed by atoms with Crippen LogP contribution in [0, 0.1) is 17.8 Å². The van der Waals surface area contributed by atoms with Gasteiger partial charge in [-0.05, 0) is 18.4 Å². The zero-order valence-electron chi connectivity index (χ0n) is 14.8. The second kappa shape index (κ2) is 9.17. The molecule has 1 aliphatic carbocycles. The number of carbonyl (C=O) groups is 1. The Hall–Kier alpha value is -1.88. The molecule has 0 saturated heterocycles. The molecular formula is C19H24O6S. The van der Waals surface area contributed by atoms with Crippen LogP contribution in [0.3, 0.4) is 0 Å². The highest BCUT2D eigenvalue weighted by Crippen LogP contribution is 2.40. The minimum atomic E-state index is -3.55. The van der Waals surface area contributed by atoms with Crippen molar-refractivity contribution in [2.75, 3.05) is 19.5 Å². The Bertz CT molecular complexity index is 756. The van der Waals surface area contributed by atoms with E-state index in [2.05, 4.69) is 16.0 Å². The number of rotatable bonds is 6. The summed E-state index contributed by atoms with van der Waals surface area (Å²) in [5.41, 5.74) is -1.18. The summed E-state index contributed by atoms with van der Waals surface area (Å²) in [6.45, 7) is -0.546. The molecule has 6 nitrogen and oxygen atoms in total. The number of hydrogen-bond acceptors (Lipinski definition) is 6. The molecule has 0 aromatic heterocycles. The van der Waals surface area contributed by atoms with Crippen molar-refractivity contribution >= 4 is 16.1 Å². The summed E-state index contributed by atoms with van der Waals surface area (Å²) in [6.07, 6.45) is 5.48. The summed E-state index contributed by atoms with van der Waals surface area (Å²) < 4.78 is 31.3. The highest BCUT2D eigenvalue weighted by atomic mass is 32.2. The van der Waals surface area contributed by atoms with Crippen molar-refractivity contribution in [2.24, 2.45) is 5.92 Å². The molecule has 1 unspecified atom stereocenters. The largest absolute Gasteiger partial charge is 0.450 e. The monoisotopic (exact) mass is 380 g/mol. The van der Waals surface area contributed by atoms with Crippen LogP contribution in [-0.4, -0.2) is 39.0 Å². The zero-order chi connectivity index (χ0) is 19.0. The van der Waals surface area contributed by atoms with Gasteiger partial charge in [-0.1, -0.05) is 61.4 Å². The number of aliphatic hydroxyl groups is 1. The van der Waals surface area contributed by atoms with Gasteiger partial charge in [-0.3, -0.25) is 4.18 Å². The second-order valence-electron chi connectivity index (χ2n) is 6.36. The molecule has 1 N–H and O–H groups in total. The van der Waals surface area contributed by atoms with E-state index in [1.54, 1.807) is 24.3 Å². The van der Waals surface area contributed by atoms with Crippen molar-refractivity contribution in [1.29, 1.82) is 0 Å². The number of carbonyl (C=O) groups excluding carboxylic acids is 1. The molecule has 0 heterocycles. The van der Waals surface area contributed by atoms with Gasteiger partial charge in [0.1, 0.15) is 6.61 Å². The van der Waals surface area contributed by atoms with Gasteiger partial charge >= 0.3 is 5.97 Å². The van der Waals surface area contributed by atoms with Gasteiger partial charge in [-0.2, -0.15) is 8.42 Å². The van der Waals surface area contributed by atoms with Crippen molar-refractivity contribution in [3.63, 3.8) is 0 Å². The van der Waals surface area contributed by atoms with E-state index in [1.165, 1.54) is 0 Å². The third-order valence-corrected chi connectivity index (χ3v) is 5.01. The third-order valence-electron chi connectivity index (χ3n) is 4.47. The Morgan fingerprint density at radius 2 is 1.77 bits per heavy atom. The Labute approximate surface area is 154 Å². The molecule has 26 heavy (non-hydrogen) atoms. The molecular weight excluding hydrogens is 356 g/mol. The van der Waals surface area contributed by atoms with Gasteiger partial charge in [0.15, 0.2) is 12.2 Å². The summed E-state index contributed by atoms with van der Waals surface area (Å²) in [5.74, 6) is 4.05. The zero-order valence-corrected chi connectivity index (χ0v) is 15.6. The maximum atomic E-state index is 12.7. The lowest BCUT2D eigenvalue weighted by Crippen LogP contribution is -2.45. The Morgan fingerprint density at radius 1 is 1.15 bits per heavy atom. The summed E-state index contributed by atoms with van der Waals surface area (Å²) in [6, 6.07) is 8.82. The minimum Gasteiger partial charge on any atom is -0.450 e. The maximum Gasteiger partial charge on any atom is 0.344 e. The molecule has 0 radical (unpaired) electrons. The number of esters is 1. The predicted octanol–water partition coefficient (Wildman–Crippen LogP) is 1.98. The lowest BCUT2D eigenvalue weighted by Gasteiger charge is -2.36. The molecule has 1 aliphatic rings. The summed E-state index contributed by atoms with van der Waals surface area (Å²) >= 11 is 0. The molecule has 1 atom stereocenters. The standard InChI is InChI=1S/C19H24O6S/c1-26(22,23)25-15-9-8-14-24-18(20)19(21,16-10-4-2-5-11-16)17-12-6-3-7-13-17/h2,4-5,10-11,17,21H,3,6-7,12-15H2,1H3. The van der Waals surface area contributed by atoms with Crippen LogP contribution < -0.4 is 0 Å². The molecule has 1 aromatic rings. The molecule has 0 amide bonds. The van der Waals surface area contributed by atoms with Crippen LogP contribution in [0.25, 0.3) is 0 Å². The second-order valence-corrected chi connectivity index (χ2v) is 8.01.